The highest BCUT2D eigenvalue weighted by Crippen LogP contribution is 2.39. The van der Waals surface area contributed by atoms with Gasteiger partial charge in [0.2, 0.25) is 0 Å². The lowest BCUT2D eigenvalue weighted by atomic mass is 9.97. The smallest absolute Gasteiger partial charge is 0.415 e. The Kier molecular flexibility index (Phi) is 3.78. The molecule has 5 nitrogen and oxygen atoms in total. The molecule has 2 aromatic carbocycles. The van der Waals surface area contributed by atoms with Gasteiger partial charge < -0.3 is 9.84 Å². The number of carboxylic acid groups (broad SMARTS) is 1. The molecule has 0 fully saturated rings. The molecule has 1 aliphatic rings. The number of ether oxygens (including phenoxy) is 1. The number of anilines is 1. The van der Waals surface area contributed by atoms with E-state index in [1.807, 2.05) is 42.5 Å². The summed E-state index contributed by atoms with van der Waals surface area (Å²) in [6, 6.07) is 16.5. The fourth-order valence-electron chi connectivity index (χ4n) is 2.85. The molecule has 1 aliphatic heterocycles. The molecule has 0 aliphatic carbocycles. The molecule has 2 aromatic rings. The summed E-state index contributed by atoms with van der Waals surface area (Å²) in [6.07, 6.45) is -0.387. The van der Waals surface area contributed by atoms with Gasteiger partial charge >= 0.3 is 12.1 Å². The summed E-state index contributed by atoms with van der Waals surface area (Å²) in [5.41, 5.74) is 0.937. The Morgan fingerprint density at radius 3 is 2.48 bits per heavy atom. The summed E-state index contributed by atoms with van der Waals surface area (Å²) in [4.78, 5) is 25.5. The summed E-state index contributed by atoms with van der Waals surface area (Å²) in [5, 5.41) is 9.60. The van der Waals surface area contributed by atoms with Crippen LogP contribution in [-0.2, 0) is 22.6 Å². The second-order valence-electron chi connectivity index (χ2n) is 5.76. The van der Waals surface area contributed by atoms with Crippen LogP contribution in [0.3, 0.4) is 0 Å². The van der Waals surface area contributed by atoms with Crippen molar-refractivity contribution in [1.82, 2.24) is 0 Å². The van der Waals surface area contributed by atoms with E-state index in [2.05, 4.69) is 0 Å². The van der Waals surface area contributed by atoms with Crippen LogP contribution in [0.2, 0.25) is 0 Å². The van der Waals surface area contributed by atoms with Gasteiger partial charge in [-0.1, -0.05) is 48.5 Å². The first-order valence-corrected chi connectivity index (χ1v) is 7.34. The van der Waals surface area contributed by atoms with Crippen molar-refractivity contribution in [3.05, 3.63) is 65.7 Å². The van der Waals surface area contributed by atoms with Gasteiger partial charge in [0.25, 0.3) is 0 Å². The molecule has 1 atom stereocenters. The van der Waals surface area contributed by atoms with Crippen molar-refractivity contribution in [2.24, 2.45) is 0 Å². The van der Waals surface area contributed by atoms with Gasteiger partial charge in [0.15, 0.2) is 0 Å². The zero-order valence-corrected chi connectivity index (χ0v) is 12.7. The monoisotopic (exact) mass is 311 g/mol. The van der Waals surface area contributed by atoms with E-state index < -0.39 is 17.6 Å². The first kappa shape index (κ1) is 15.1. The molecule has 1 N–H and O–H groups in total. The summed E-state index contributed by atoms with van der Waals surface area (Å²) < 4.78 is 5.34. The van der Waals surface area contributed by atoms with Crippen LogP contribution in [0.5, 0.6) is 0 Å². The van der Waals surface area contributed by atoms with Crippen LogP contribution >= 0.6 is 0 Å². The summed E-state index contributed by atoms with van der Waals surface area (Å²) in [7, 11) is 0. The minimum absolute atomic E-state index is 0.105. The number of benzene rings is 2. The topological polar surface area (TPSA) is 66.8 Å². The molecule has 118 valence electrons. The van der Waals surface area contributed by atoms with Crippen molar-refractivity contribution >= 4 is 17.7 Å². The third kappa shape index (κ3) is 2.65. The molecule has 0 bridgehead atoms. The Bertz CT molecular complexity index is 744. The van der Waals surface area contributed by atoms with Gasteiger partial charge in [-0.2, -0.15) is 0 Å². The highest BCUT2D eigenvalue weighted by molar-refractivity contribution is 6.01. The van der Waals surface area contributed by atoms with Crippen molar-refractivity contribution in [1.29, 1.82) is 0 Å². The van der Waals surface area contributed by atoms with Gasteiger partial charge in [0, 0.05) is 6.42 Å². The molecule has 0 spiro atoms. The van der Waals surface area contributed by atoms with E-state index in [1.54, 1.807) is 19.1 Å². The zero-order valence-electron chi connectivity index (χ0n) is 12.7. The van der Waals surface area contributed by atoms with E-state index in [4.69, 9.17) is 4.74 Å². The molecule has 0 saturated heterocycles. The maximum Gasteiger partial charge on any atom is 0.415 e. The Hall–Kier alpha value is -2.82. The third-order valence-electron chi connectivity index (χ3n) is 4.11. The van der Waals surface area contributed by atoms with E-state index in [0.29, 0.717) is 5.69 Å². The molecule has 3 rings (SSSR count). The second-order valence-corrected chi connectivity index (χ2v) is 5.76. The molecule has 1 heterocycles. The zero-order chi connectivity index (χ0) is 16.4. The Morgan fingerprint density at radius 2 is 1.78 bits per heavy atom. The number of hydrogen-bond donors (Lipinski definition) is 1. The van der Waals surface area contributed by atoms with Crippen LogP contribution in [0.25, 0.3) is 0 Å². The van der Waals surface area contributed by atoms with E-state index in [0.717, 1.165) is 11.1 Å². The first-order chi connectivity index (χ1) is 11.0. The Morgan fingerprint density at radius 1 is 1.13 bits per heavy atom. The van der Waals surface area contributed by atoms with E-state index >= 15 is 0 Å². The number of carboxylic acids is 1. The van der Waals surface area contributed by atoms with Gasteiger partial charge in [-0.05, 0) is 24.1 Å². The minimum atomic E-state index is -1.34. The van der Waals surface area contributed by atoms with E-state index in [1.165, 1.54) is 4.90 Å². The van der Waals surface area contributed by atoms with Crippen LogP contribution in [0.4, 0.5) is 10.5 Å². The predicted molar refractivity (Wildman–Crippen MR) is 85.3 cm³/mol. The maximum atomic E-state index is 12.5. The molecule has 0 saturated carbocycles. The maximum absolute atomic E-state index is 12.5. The molecule has 23 heavy (non-hydrogen) atoms. The number of fused-ring (bicyclic) bond motifs is 1. The van der Waals surface area contributed by atoms with E-state index in [9.17, 15) is 14.7 Å². The molecular weight excluding hydrogens is 294 g/mol. The van der Waals surface area contributed by atoms with Crippen LogP contribution in [0.1, 0.15) is 18.1 Å². The summed E-state index contributed by atoms with van der Waals surface area (Å²) >= 11 is 0. The SMILES string of the molecule is CC1(C(=O)O)Cc2ccccc2N1C(=O)OCc1ccccc1. The van der Waals surface area contributed by atoms with Crippen LogP contribution in [0, 0.1) is 0 Å². The van der Waals surface area contributed by atoms with Crippen LogP contribution in [-0.4, -0.2) is 22.7 Å². The summed E-state index contributed by atoms with van der Waals surface area (Å²) in [5.74, 6) is -1.05. The molecule has 1 amide bonds. The number of carbonyl (C=O) groups is 2. The third-order valence-corrected chi connectivity index (χ3v) is 4.11. The van der Waals surface area contributed by atoms with Crippen molar-refractivity contribution in [3.8, 4) is 0 Å². The van der Waals surface area contributed by atoms with Crippen LogP contribution in [0.15, 0.2) is 54.6 Å². The standard InChI is InChI=1S/C18H17NO4/c1-18(16(20)21)11-14-9-5-6-10-15(14)19(18)17(22)23-12-13-7-3-2-4-8-13/h2-10H,11-12H2,1H3,(H,20,21). The molecular formula is C18H17NO4. The first-order valence-electron chi connectivity index (χ1n) is 7.34. The van der Waals surface area contributed by atoms with Crippen molar-refractivity contribution in [2.45, 2.75) is 25.5 Å². The largest absolute Gasteiger partial charge is 0.479 e. The van der Waals surface area contributed by atoms with Crippen molar-refractivity contribution in [3.63, 3.8) is 0 Å². The number of carbonyl (C=O) groups excluding carboxylic acids is 1. The number of aliphatic carboxylic acids is 1. The van der Waals surface area contributed by atoms with Crippen molar-refractivity contribution < 1.29 is 19.4 Å². The van der Waals surface area contributed by atoms with Gasteiger partial charge in [-0.15, -0.1) is 0 Å². The number of nitrogens with zero attached hydrogens (tertiary/aromatic N) is 1. The molecule has 0 aromatic heterocycles. The average Bonchev–Trinajstić information content (AvgIpc) is 2.87. The highest BCUT2D eigenvalue weighted by atomic mass is 16.6. The Balaban J connectivity index is 1.85. The van der Waals surface area contributed by atoms with Gasteiger partial charge in [-0.3, -0.25) is 4.90 Å². The quantitative estimate of drug-likeness (QED) is 0.945. The van der Waals surface area contributed by atoms with Gasteiger partial charge in [0.05, 0.1) is 5.69 Å². The lowest BCUT2D eigenvalue weighted by Gasteiger charge is -2.30. The second kappa shape index (κ2) is 5.76. The van der Waals surface area contributed by atoms with Crippen molar-refractivity contribution in [2.75, 3.05) is 4.90 Å². The summed E-state index contributed by atoms with van der Waals surface area (Å²) in [6.45, 7) is 1.65. The molecule has 0 radical (unpaired) electrons. The fourth-order valence-corrected chi connectivity index (χ4v) is 2.85. The number of para-hydroxylation sites is 1. The molecule has 5 heteroatoms. The lowest BCUT2D eigenvalue weighted by Crippen LogP contribution is -2.53. The highest BCUT2D eigenvalue weighted by Gasteiger charge is 2.50. The Labute approximate surface area is 134 Å². The normalized spacial score (nSPS) is 19.3. The van der Waals surface area contributed by atoms with Crippen LogP contribution < -0.4 is 4.90 Å². The van der Waals surface area contributed by atoms with Gasteiger partial charge in [0.1, 0.15) is 12.1 Å². The number of hydrogen-bond acceptors (Lipinski definition) is 3. The van der Waals surface area contributed by atoms with Gasteiger partial charge in [-0.25, -0.2) is 9.59 Å². The van der Waals surface area contributed by atoms with E-state index in [-0.39, 0.29) is 13.0 Å². The average molecular weight is 311 g/mol. The lowest BCUT2D eigenvalue weighted by molar-refractivity contribution is -0.142. The minimum Gasteiger partial charge on any atom is -0.479 e. The predicted octanol–water partition coefficient (Wildman–Crippen LogP) is 3.23. The fraction of sp³-hybridized carbons (Fsp3) is 0.222. The molecule has 1 unspecified atom stereocenters. The number of amides is 1. The number of rotatable bonds is 3.